The first-order chi connectivity index (χ1) is 5.15. The number of hydrogen-bond donors (Lipinski definition) is 0. The molecule has 1 radical (unpaired) electrons. The van der Waals surface area contributed by atoms with Crippen molar-refractivity contribution in [2.24, 2.45) is 0 Å². The van der Waals surface area contributed by atoms with Crippen LogP contribution >= 0.6 is 0 Å². The van der Waals surface area contributed by atoms with E-state index in [1.165, 1.54) is 0 Å². The fourth-order valence-electron chi connectivity index (χ4n) is 1.06. The summed E-state index contributed by atoms with van der Waals surface area (Å²) in [5, 5.41) is 0. The van der Waals surface area contributed by atoms with Gasteiger partial charge in [0.25, 0.3) is 0 Å². The van der Waals surface area contributed by atoms with Gasteiger partial charge in [0.2, 0.25) is 0 Å². The molecule has 0 fully saturated rings. The number of rotatable bonds is 2. The summed E-state index contributed by atoms with van der Waals surface area (Å²) in [5.74, 6) is 4.94. The molecule has 0 aromatic rings. The van der Waals surface area contributed by atoms with Crippen molar-refractivity contribution in [2.45, 2.75) is 36.0 Å². The second-order valence-electron chi connectivity index (χ2n) is 4.15. The SMILES string of the molecule is [CH3][Ge]([CH3])[CH2][Si](C)(C)C.[OH-].[O]=[Cr](=[O])=[O]. The second-order valence-corrected chi connectivity index (χ2v) is 17.6. The summed E-state index contributed by atoms with van der Waals surface area (Å²) in [4.78, 5) is 1.63. The molecular formula is C6H18CrGeO4Si-. The van der Waals surface area contributed by atoms with E-state index in [2.05, 4.69) is 31.2 Å². The van der Waals surface area contributed by atoms with E-state index in [9.17, 15) is 0 Å². The van der Waals surface area contributed by atoms with Crippen LogP contribution in [-0.2, 0) is 25.4 Å². The number of hydrogen-bond acceptors (Lipinski definition) is 4. The Kier molecular flexibility index (Phi) is 13.7. The Morgan fingerprint density at radius 3 is 1.31 bits per heavy atom. The molecule has 81 valence electrons. The fourth-order valence-corrected chi connectivity index (χ4v) is 16.5. The molecular weight excluding hydrogens is 289 g/mol. The predicted molar refractivity (Wildman–Crippen MR) is 49.6 cm³/mol. The first-order valence-electron chi connectivity index (χ1n) is 3.71. The second kappa shape index (κ2) is 9.22. The first-order valence-corrected chi connectivity index (χ1v) is 14.7. The van der Waals surface area contributed by atoms with Crippen molar-refractivity contribution in [3.8, 4) is 0 Å². The Bertz CT molecular complexity index is 198. The molecule has 13 heavy (non-hydrogen) atoms. The predicted octanol–water partition coefficient (Wildman–Crippen LogP) is 2.08. The Morgan fingerprint density at radius 1 is 1.08 bits per heavy atom. The van der Waals surface area contributed by atoms with Crippen molar-refractivity contribution < 1.29 is 30.8 Å². The summed E-state index contributed by atoms with van der Waals surface area (Å²) in [6.45, 7) is 7.40. The summed E-state index contributed by atoms with van der Waals surface area (Å²) in [6.07, 6.45) is 0. The first kappa shape index (κ1) is 19.3. The van der Waals surface area contributed by atoms with E-state index >= 15 is 0 Å². The van der Waals surface area contributed by atoms with Crippen LogP contribution in [0.5, 0.6) is 0 Å². The van der Waals surface area contributed by atoms with Gasteiger partial charge in [0.1, 0.15) is 0 Å². The Labute approximate surface area is 89.2 Å². The molecule has 0 heterocycles. The minimum atomic E-state index is -3.79. The van der Waals surface area contributed by atoms with Gasteiger partial charge in [0, 0.05) is 0 Å². The fraction of sp³-hybridized carbons (Fsp3) is 1.00. The van der Waals surface area contributed by atoms with Crippen LogP contribution in [0.1, 0.15) is 0 Å². The molecule has 0 bridgehead atoms. The summed E-state index contributed by atoms with van der Waals surface area (Å²) in [7, 11) is -0.646. The van der Waals surface area contributed by atoms with Crippen LogP contribution in [0, 0.1) is 0 Å². The zero-order chi connectivity index (χ0) is 10.4. The minimum absolute atomic E-state index is 0. The molecule has 0 unspecified atom stereocenters. The normalized spacial score (nSPS) is 9.69. The standard InChI is InChI=1S/C6H17GeSi.Cr.H2O.3O/c1-7(2)6-8(3,4)5;;;;;/h6H2,1-5H3;;1H2;;;/p-1. The van der Waals surface area contributed by atoms with E-state index in [0.717, 1.165) is 0 Å². The zero-order valence-corrected chi connectivity index (χ0v) is 13.2. The van der Waals surface area contributed by atoms with Crippen LogP contribution in [-0.4, -0.2) is 27.9 Å². The van der Waals surface area contributed by atoms with Gasteiger partial charge in [-0.2, -0.15) is 0 Å². The monoisotopic (exact) mass is 308 g/mol. The molecule has 0 aliphatic carbocycles. The van der Waals surface area contributed by atoms with Crippen molar-refractivity contribution in [1.29, 1.82) is 0 Å². The van der Waals surface area contributed by atoms with E-state index in [0.29, 0.717) is 0 Å². The molecule has 0 spiro atoms. The Morgan fingerprint density at radius 2 is 1.31 bits per heavy atom. The van der Waals surface area contributed by atoms with Gasteiger partial charge in [-0.15, -0.1) is 0 Å². The van der Waals surface area contributed by atoms with Crippen molar-refractivity contribution in [3.05, 3.63) is 0 Å². The van der Waals surface area contributed by atoms with Crippen molar-refractivity contribution in [2.75, 3.05) is 0 Å². The molecule has 0 aromatic heterocycles. The van der Waals surface area contributed by atoms with Crippen LogP contribution in [0.3, 0.4) is 0 Å². The summed E-state index contributed by atoms with van der Waals surface area (Å²) in [6, 6.07) is 0. The summed E-state index contributed by atoms with van der Waals surface area (Å²) in [5.41, 5.74) is 0. The third-order valence-corrected chi connectivity index (χ3v) is 13.8. The van der Waals surface area contributed by atoms with Gasteiger partial charge >= 0.3 is 83.8 Å². The molecule has 0 aliphatic heterocycles. The Balaban J connectivity index is -0.000000173. The van der Waals surface area contributed by atoms with E-state index in [1.54, 1.807) is 4.88 Å². The van der Waals surface area contributed by atoms with E-state index < -0.39 is 36.4 Å². The van der Waals surface area contributed by atoms with Crippen molar-refractivity contribution in [3.63, 3.8) is 0 Å². The Hall–Kier alpha value is 0.652. The van der Waals surface area contributed by atoms with Crippen LogP contribution in [0.4, 0.5) is 0 Å². The molecule has 0 aliphatic rings. The molecule has 7 heteroatoms. The average molecular weight is 307 g/mol. The van der Waals surface area contributed by atoms with Crippen LogP contribution in [0.25, 0.3) is 0 Å². The molecule has 0 rings (SSSR count). The molecule has 0 aromatic carbocycles. The van der Waals surface area contributed by atoms with E-state index in [4.69, 9.17) is 11.4 Å². The summed E-state index contributed by atoms with van der Waals surface area (Å²) < 4.78 is 25.6. The molecule has 0 atom stereocenters. The van der Waals surface area contributed by atoms with E-state index in [-0.39, 0.29) is 5.48 Å². The third-order valence-electron chi connectivity index (χ3n) is 0.884. The molecule has 4 nitrogen and oxygen atoms in total. The van der Waals surface area contributed by atoms with Gasteiger partial charge in [0.05, 0.1) is 0 Å². The van der Waals surface area contributed by atoms with Crippen LogP contribution in [0.2, 0.25) is 36.0 Å². The van der Waals surface area contributed by atoms with Gasteiger partial charge in [-0.05, 0) is 0 Å². The maximum absolute atomic E-state index is 8.54. The van der Waals surface area contributed by atoms with Gasteiger partial charge in [0.15, 0.2) is 0 Å². The van der Waals surface area contributed by atoms with Crippen molar-refractivity contribution >= 4 is 22.4 Å². The molecule has 0 amide bonds. The summed E-state index contributed by atoms with van der Waals surface area (Å²) >= 11 is -4.25. The van der Waals surface area contributed by atoms with E-state index in [1.807, 2.05) is 0 Å². The maximum atomic E-state index is 8.54. The average Bonchev–Trinajstić information content (AvgIpc) is 1.52. The van der Waals surface area contributed by atoms with Gasteiger partial charge < -0.3 is 5.48 Å². The molecule has 0 saturated carbocycles. The topological polar surface area (TPSA) is 81.2 Å². The van der Waals surface area contributed by atoms with Gasteiger partial charge in [-0.1, -0.05) is 0 Å². The quantitative estimate of drug-likeness (QED) is 0.731. The van der Waals surface area contributed by atoms with Crippen LogP contribution < -0.4 is 0 Å². The molecule has 1 N–H and O–H groups in total. The zero-order valence-electron chi connectivity index (χ0n) is 8.79. The van der Waals surface area contributed by atoms with Gasteiger partial charge in [-0.25, -0.2) is 0 Å². The van der Waals surface area contributed by atoms with Gasteiger partial charge in [-0.3, -0.25) is 0 Å². The third kappa shape index (κ3) is 44.9. The van der Waals surface area contributed by atoms with Crippen LogP contribution in [0.15, 0.2) is 0 Å². The van der Waals surface area contributed by atoms with Crippen molar-refractivity contribution in [1.82, 2.24) is 0 Å². The molecule has 0 saturated heterocycles.